The molecular formula is C12H19BrN2O3S. The maximum absolute atomic E-state index is 12.5. The van der Waals surface area contributed by atoms with E-state index in [0.29, 0.717) is 10.2 Å². The molecule has 0 aliphatic rings. The van der Waals surface area contributed by atoms with Gasteiger partial charge in [0.15, 0.2) is 0 Å². The Hall–Kier alpha value is -0.630. The van der Waals surface area contributed by atoms with Crippen LogP contribution in [-0.4, -0.2) is 36.5 Å². The number of likely N-dealkylation sites (N-methyl/N-ethyl adjacent to an activating group) is 1. The first-order chi connectivity index (χ1) is 8.58. The third-order valence-corrected chi connectivity index (χ3v) is 5.40. The molecule has 0 unspecified atom stereocenters. The molecule has 0 amide bonds. The normalized spacial score (nSPS) is 12.9. The molecule has 3 N–H and O–H groups in total. The number of anilines is 1. The number of nitrogen functional groups attached to an aromatic ring is 1. The Morgan fingerprint density at radius 2 is 2.00 bits per heavy atom. The van der Waals surface area contributed by atoms with Crippen LogP contribution in [0.2, 0.25) is 0 Å². The minimum Gasteiger partial charge on any atom is -0.399 e. The van der Waals surface area contributed by atoms with E-state index in [1.54, 1.807) is 32.9 Å². The minimum atomic E-state index is -3.69. The van der Waals surface area contributed by atoms with Crippen LogP contribution in [0, 0.1) is 0 Å². The number of hydrogen-bond acceptors (Lipinski definition) is 4. The van der Waals surface area contributed by atoms with Crippen LogP contribution in [0.1, 0.15) is 20.8 Å². The highest BCUT2D eigenvalue weighted by atomic mass is 79.9. The van der Waals surface area contributed by atoms with Crippen LogP contribution in [-0.2, 0) is 10.0 Å². The second-order valence-corrected chi connectivity index (χ2v) is 7.69. The van der Waals surface area contributed by atoms with Crippen LogP contribution in [0.3, 0.4) is 0 Å². The molecule has 7 heteroatoms. The summed E-state index contributed by atoms with van der Waals surface area (Å²) in [5.41, 5.74) is 4.91. The standard InChI is InChI=1S/C12H19BrN2O3S/c1-4-15(8-12(2,3)16)19(17,18)11-7-9(14)5-6-10(11)13/h5-7,16H,4,8,14H2,1-3H3. The monoisotopic (exact) mass is 350 g/mol. The Labute approximate surface area is 122 Å². The summed E-state index contributed by atoms with van der Waals surface area (Å²) in [6.07, 6.45) is 0. The van der Waals surface area contributed by atoms with Gasteiger partial charge in [0.2, 0.25) is 10.0 Å². The molecule has 0 aliphatic carbocycles. The third kappa shape index (κ3) is 4.17. The summed E-state index contributed by atoms with van der Waals surface area (Å²) in [6.45, 7) is 5.16. The Balaban J connectivity index is 3.25. The van der Waals surface area contributed by atoms with Crippen molar-refractivity contribution in [2.45, 2.75) is 31.3 Å². The van der Waals surface area contributed by atoms with Gasteiger partial charge in [0.25, 0.3) is 0 Å². The average molecular weight is 351 g/mol. The smallest absolute Gasteiger partial charge is 0.244 e. The lowest BCUT2D eigenvalue weighted by Crippen LogP contribution is -2.42. The highest BCUT2D eigenvalue weighted by molar-refractivity contribution is 9.10. The van der Waals surface area contributed by atoms with Crippen LogP contribution < -0.4 is 5.73 Å². The van der Waals surface area contributed by atoms with E-state index < -0.39 is 15.6 Å². The summed E-state index contributed by atoms with van der Waals surface area (Å²) in [5.74, 6) is 0. The Kier molecular flexibility index (Phi) is 5.00. The maximum Gasteiger partial charge on any atom is 0.244 e. The quantitative estimate of drug-likeness (QED) is 0.793. The Morgan fingerprint density at radius 3 is 2.47 bits per heavy atom. The zero-order valence-corrected chi connectivity index (χ0v) is 13.6. The summed E-state index contributed by atoms with van der Waals surface area (Å²) < 4.78 is 26.8. The molecule has 0 heterocycles. The molecule has 0 spiro atoms. The molecule has 0 aliphatic heterocycles. The van der Waals surface area contributed by atoms with E-state index in [1.807, 2.05) is 0 Å². The fourth-order valence-corrected chi connectivity index (χ4v) is 4.22. The summed E-state index contributed by atoms with van der Waals surface area (Å²) in [5, 5.41) is 9.81. The zero-order valence-electron chi connectivity index (χ0n) is 11.2. The predicted octanol–water partition coefficient (Wildman–Crippen LogP) is 1.81. The fourth-order valence-electron chi connectivity index (χ4n) is 1.66. The number of sulfonamides is 1. The highest BCUT2D eigenvalue weighted by Crippen LogP contribution is 2.27. The van der Waals surface area contributed by atoms with Crippen LogP contribution in [0.15, 0.2) is 27.6 Å². The van der Waals surface area contributed by atoms with Gasteiger partial charge in [-0.2, -0.15) is 4.31 Å². The van der Waals surface area contributed by atoms with Crippen molar-refractivity contribution in [3.63, 3.8) is 0 Å². The van der Waals surface area contributed by atoms with E-state index in [4.69, 9.17) is 5.73 Å². The molecule has 0 fully saturated rings. The van der Waals surface area contributed by atoms with E-state index in [2.05, 4.69) is 15.9 Å². The van der Waals surface area contributed by atoms with Crippen molar-refractivity contribution in [2.24, 2.45) is 0 Å². The zero-order chi connectivity index (χ0) is 14.8. The number of nitrogens with two attached hydrogens (primary N) is 1. The average Bonchev–Trinajstić information content (AvgIpc) is 2.27. The molecule has 0 radical (unpaired) electrons. The first kappa shape index (κ1) is 16.4. The SMILES string of the molecule is CCN(CC(C)(C)O)S(=O)(=O)c1cc(N)ccc1Br. The molecule has 108 valence electrons. The molecule has 0 atom stereocenters. The van der Waals surface area contributed by atoms with Crippen LogP contribution in [0.25, 0.3) is 0 Å². The lowest BCUT2D eigenvalue weighted by Gasteiger charge is -2.27. The minimum absolute atomic E-state index is 0.0209. The molecule has 19 heavy (non-hydrogen) atoms. The second kappa shape index (κ2) is 5.78. The van der Waals surface area contributed by atoms with Crippen molar-refractivity contribution in [3.05, 3.63) is 22.7 Å². The van der Waals surface area contributed by atoms with E-state index in [9.17, 15) is 13.5 Å². The molecular weight excluding hydrogens is 332 g/mol. The molecule has 1 aromatic carbocycles. The Morgan fingerprint density at radius 1 is 1.42 bits per heavy atom. The number of nitrogens with zero attached hydrogens (tertiary/aromatic N) is 1. The van der Waals surface area contributed by atoms with Gasteiger partial charge in [-0.1, -0.05) is 6.92 Å². The van der Waals surface area contributed by atoms with Gasteiger partial charge in [-0.15, -0.1) is 0 Å². The molecule has 5 nitrogen and oxygen atoms in total. The molecule has 0 bridgehead atoms. The highest BCUT2D eigenvalue weighted by Gasteiger charge is 2.29. The topological polar surface area (TPSA) is 83.6 Å². The van der Waals surface area contributed by atoms with Gasteiger partial charge >= 0.3 is 0 Å². The van der Waals surface area contributed by atoms with Crippen molar-refractivity contribution in [1.29, 1.82) is 0 Å². The van der Waals surface area contributed by atoms with Crippen molar-refractivity contribution < 1.29 is 13.5 Å². The van der Waals surface area contributed by atoms with Gasteiger partial charge in [-0.25, -0.2) is 8.42 Å². The van der Waals surface area contributed by atoms with Crippen molar-refractivity contribution >= 4 is 31.6 Å². The van der Waals surface area contributed by atoms with Crippen LogP contribution in [0.5, 0.6) is 0 Å². The van der Waals surface area contributed by atoms with E-state index in [1.165, 1.54) is 10.4 Å². The van der Waals surface area contributed by atoms with Crippen LogP contribution >= 0.6 is 15.9 Å². The number of rotatable bonds is 5. The first-order valence-corrected chi connectivity index (χ1v) is 8.09. The number of aliphatic hydroxyl groups is 1. The fraction of sp³-hybridized carbons (Fsp3) is 0.500. The van der Waals surface area contributed by atoms with E-state index in [-0.39, 0.29) is 18.0 Å². The molecule has 1 aromatic rings. The lowest BCUT2D eigenvalue weighted by molar-refractivity contribution is 0.0601. The maximum atomic E-state index is 12.5. The summed E-state index contributed by atoms with van der Waals surface area (Å²) >= 11 is 3.22. The molecule has 0 saturated heterocycles. The van der Waals surface area contributed by atoms with Crippen molar-refractivity contribution in [1.82, 2.24) is 4.31 Å². The van der Waals surface area contributed by atoms with Gasteiger partial charge in [0.05, 0.1) is 10.5 Å². The second-order valence-electron chi connectivity index (χ2n) is 4.93. The van der Waals surface area contributed by atoms with Gasteiger partial charge in [0.1, 0.15) is 0 Å². The van der Waals surface area contributed by atoms with Crippen molar-refractivity contribution in [3.8, 4) is 0 Å². The van der Waals surface area contributed by atoms with E-state index in [0.717, 1.165) is 0 Å². The van der Waals surface area contributed by atoms with Gasteiger partial charge in [-0.3, -0.25) is 0 Å². The number of halogens is 1. The number of hydrogen-bond donors (Lipinski definition) is 2. The third-order valence-electron chi connectivity index (χ3n) is 2.49. The largest absolute Gasteiger partial charge is 0.399 e. The summed E-state index contributed by atoms with van der Waals surface area (Å²) in [6, 6.07) is 4.63. The van der Waals surface area contributed by atoms with Gasteiger partial charge < -0.3 is 10.8 Å². The van der Waals surface area contributed by atoms with Gasteiger partial charge in [0, 0.05) is 23.2 Å². The Bertz CT molecular complexity index is 553. The van der Waals surface area contributed by atoms with Gasteiger partial charge in [-0.05, 0) is 48.0 Å². The lowest BCUT2D eigenvalue weighted by atomic mass is 10.1. The van der Waals surface area contributed by atoms with E-state index >= 15 is 0 Å². The number of benzene rings is 1. The molecule has 0 aromatic heterocycles. The summed E-state index contributed by atoms with van der Waals surface area (Å²) in [4.78, 5) is 0.110. The van der Waals surface area contributed by atoms with Crippen LogP contribution in [0.4, 0.5) is 5.69 Å². The first-order valence-electron chi connectivity index (χ1n) is 5.85. The molecule has 1 rings (SSSR count). The van der Waals surface area contributed by atoms with Crippen molar-refractivity contribution in [2.75, 3.05) is 18.8 Å². The molecule has 0 saturated carbocycles. The summed E-state index contributed by atoms with van der Waals surface area (Å²) in [7, 11) is -3.69. The predicted molar refractivity (Wildman–Crippen MR) is 79.3 cm³/mol.